The minimum absolute atomic E-state index is 0. The van der Waals surface area contributed by atoms with Crippen molar-refractivity contribution in [3.05, 3.63) is 35.4 Å². The van der Waals surface area contributed by atoms with E-state index in [0.29, 0.717) is 25.2 Å². The predicted octanol–water partition coefficient (Wildman–Crippen LogP) is 2.28. The van der Waals surface area contributed by atoms with Gasteiger partial charge in [0.25, 0.3) is 0 Å². The molecule has 2 atom stereocenters. The molecule has 0 radical (unpaired) electrons. The van der Waals surface area contributed by atoms with Crippen molar-refractivity contribution in [2.45, 2.75) is 25.4 Å². The van der Waals surface area contributed by atoms with Crippen LogP contribution in [0.3, 0.4) is 0 Å². The average molecular weight is 335 g/mol. The maximum atomic E-state index is 13.3. The quantitative estimate of drug-likeness (QED) is 0.918. The molecule has 1 aromatic carbocycles. The number of carbonyl (C=O) groups is 1. The van der Waals surface area contributed by atoms with E-state index in [9.17, 15) is 13.6 Å². The molecule has 22 heavy (non-hydrogen) atoms. The number of ether oxygens (including phenoxy) is 1. The Kier molecular flexibility index (Phi) is 7.19. The van der Waals surface area contributed by atoms with E-state index in [-0.39, 0.29) is 30.4 Å². The summed E-state index contributed by atoms with van der Waals surface area (Å²) in [5.41, 5.74) is 0.567. The molecule has 2 rings (SSSR count). The number of nitrogens with one attached hydrogen (secondary N) is 1. The van der Waals surface area contributed by atoms with Crippen molar-refractivity contribution in [2.75, 3.05) is 26.8 Å². The van der Waals surface area contributed by atoms with Crippen LogP contribution < -0.4 is 5.32 Å². The lowest BCUT2D eigenvalue weighted by Gasteiger charge is -2.29. The Bertz CT molecular complexity index is 510. The highest BCUT2D eigenvalue weighted by molar-refractivity contribution is 5.85. The Labute approximate surface area is 135 Å². The number of morpholine rings is 1. The molecule has 1 aromatic rings. The summed E-state index contributed by atoms with van der Waals surface area (Å²) in [6.45, 7) is 3.70. The van der Waals surface area contributed by atoms with E-state index in [1.54, 1.807) is 18.9 Å². The molecule has 0 aliphatic carbocycles. The molecule has 124 valence electrons. The summed E-state index contributed by atoms with van der Waals surface area (Å²) >= 11 is 0. The minimum atomic E-state index is -0.900. The zero-order valence-electron chi connectivity index (χ0n) is 12.6. The van der Waals surface area contributed by atoms with E-state index in [2.05, 4.69) is 5.32 Å². The molecule has 1 aliphatic heterocycles. The van der Waals surface area contributed by atoms with Crippen LogP contribution in [0.2, 0.25) is 0 Å². The van der Waals surface area contributed by atoms with Crippen LogP contribution in [0.25, 0.3) is 0 Å². The van der Waals surface area contributed by atoms with E-state index >= 15 is 0 Å². The Morgan fingerprint density at radius 2 is 2.18 bits per heavy atom. The second-order valence-electron chi connectivity index (χ2n) is 5.28. The largest absolute Gasteiger partial charge is 0.378 e. The first kappa shape index (κ1) is 18.8. The minimum Gasteiger partial charge on any atom is -0.378 e. The number of rotatable bonds is 4. The Balaban J connectivity index is 0.00000242. The molecule has 1 amide bonds. The first-order valence-electron chi connectivity index (χ1n) is 7.00. The molecule has 0 saturated carbocycles. The number of hydrogen-bond acceptors (Lipinski definition) is 3. The molecule has 1 saturated heterocycles. The van der Waals surface area contributed by atoms with Gasteiger partial charge in [0, 0.05) is 26.1 Å². The average Bonchev–Trinajstić information content (AvgIpc) is 2.49. The summed E-state index contributed by atoms with van der Waals surface area (Å²) in [4.78, 5) is 13.8. The zero-order valence-corrected chi connectivity index (χ0v) is 13.5. The molecular formula is C15H21ClF2N2O2. The Morgan fingerprint density at radius 1 is 1.45 bits per heavy atom. The zero-order chi connectivity index (χ0) is 15.4. The summed E-state index contributed by atoms with van der Waals surface area (Å²) in [5.74, 6) is -1.85. The fourth-order valence-electron chi connectivity index (χ4n) is 2.32. The van der Waals surface area contributed by atoms with Crippen LogP contribution in [-0.2, 0) is 9.53 Å². The third-order valence-electron chi connectivity index (χ3n) is 3.82. The highest BCUT2D eigenvalue weighted by Crippen LogP contribution is 2.21. The van der Waals surface area contributed by atoms with Crippen LogP contribution in [0.4, 0.5) is 8.78 Å². The first-order chi connectivity index (χ1) is 9.99. The van der Waals surface area contributed by atoms with Crippen LogP contribution in [0, 0.1) is 11.6 Å². The molecule has 2 unspecified atom stereocenters. The van der Waals surface area contributed by atoms with Crippen molar-refractivity contribution in [2.24, 2.45) is 0 Å². The van der Waals surface area contributed by atoms with Gasteiger partial charge in [-0.2, -0.15) is 0 Å². The van der Waals surface area contributed by atoms with Crippen LogP contribution in [0.1, 0.15) is 24.9 Å². The van der Waals surface area contributed by atoms with Gasteiger partial charge in [0.05, 0.1) is 19.3 Å². The third kappa shape index (κ3) is 4.63. The van der Waals surface area contributed by atoms with Crippen molar-refractivity contribution < 1.29 is 18.3 Å². The molecule has 0 spiro atoms. The summed E-state index contributed by atoms with van der Waals surface area (Å²) in [7, 11) is 1.66. The van der Waals surface area contributed by atoms with Crippen LogP contribution >= 0.6 is 12.4 Å². The molecule has 4 nitrogen and oxygen atoms in total. The number of amides is 1. The standard InChI is InChI=1S/C15H20F2N2O2.ClH/c1-10(11-3-4-13(16)14(17)7-11)19(2)15(20)8-12-9-21-6-5-18-12;/h3-4,7,10,12,18H,5-6,8-9H2,1-2H3;1H. The van der Waals surface area contributed by atoms with Crippen LogP contribution in [0.15, 0.2) is 18.2 Å². The summed E-state index contributed by atoms with van der Waals surface area (Å²) in [6, 6.07) is 3.39. The molecule has 1 heterocycles. The highest BCUT2D eigenvalue weighted by Gasteiger charge is 2.23. The lowest BCUT2D eigenvalue weighted by atomic mass is 10.1. The van der Waals surface area contributed by atoms with E-state index in [1.807, 2.05) is 0 Å². The number of carbonyl (C=O) groups excluding carboxylic acids is 1. The van der Waals surface area contributed by atoms with Crippen molar-refractivity contribution in [3.63, 3.8) is 0 Å². The van der Waals surface area contributed by atoms with Crippen LogP contribution in [0.5, 0.6) is 0 Å². The van der Waals surface area contributed by atoms with Gasteiger partial charge in [0.15, 0.2) is 11.6 Å². The monoisotopic (exact) mass is 334 g/mol. The normalized spacial score (nSPS) is 19.2. The van der Waals surface area contributed by atoms with Gasteiger partial charge in [-0.15, -0.1) is 12.4 Å². The van der Waals surface area contributed by atoms with E-state index in [4.69, 9.17) is 4.74 Å². The molecule has 0 aromatic heterocycles. The Morgan fingerprint density at radius 3 is 2.77 bits per heavy atom. The molecule has 7 heteroatoms. The second-order valence-corrected chi connectivity index (χ2v) is 5.28. The Hall–Kier alpha value is -1.24. The van der Waals surface area contributed by atoms with Gasteiger partial charge in [0.1, 0.15) is 0 Å². The van der Waals surface area contributed by atoms with Gasteiger partial charge in [-0.1, -0.05) is 6.07 Å². The summed E-state index contributed by atoms with van der Waals surface area (Å²) < 4.78 is 31.5. The van der Waals surface area contributed by atoms with E-state index < -0.39 is 11.6 Å². The SMILES string of the molecule is CC(c1ccc(F)c(F)c1)N(C)C(=O)CC1COCCN1.Cl. The maximum Gasteiger partial charge on any atom is 0.224 e. The lowest BCUT2D eigenvalue weighted by Crippen LogP contribution is -2.44. The smallest absolute Gasteiger partial charge is 0.224 e. The molecule has 1 N–H and O–H groups in total. The number of hydrogen-bond donors (Lipinski definition) is 1. The predicted molar refractivity (Wildman–Crippen MR) is 82.0 cm³/mol. The maximum absolute atomic E-state index is 13.3. The third-order valence-corrected chi connectivity index (χ3v) is 3.82. The van der Waals surface area contributed by atoms with Gasteiger partial charge in [-0.25, -0.2) is 8.78 Å². The second kappa shape index (κ2) is 8.41. The van der Waals surface area contributed by atoms with Gasteiger partial charge < -0.3 is 15.0 Å². The first-order valence-corrected chi connectivity index (χ1v) is 7.00. The van der Waals surface area contributed by atoms with Gasteiger partial charge in [0.2, 0.25) is 5.91 Å². The topological polar surface area (TPSA) is 41.6 Å². The fraction of sp³-hybridized carbons (Fsp3) is 0.533. The van der Waals surface area contributed by atoms with Crippen molar-refractivity contribution in [3.8, 4) is 0 Å². The number of nitrogens with zero attached hydrogens (tertiary/aromatic N) is 1. The molecule has 1 aliphatic rings. The number of halogens is 3. The summed E-state index contributed by atoms with van der Waals surface area (Å²) in [6.07, 6.45) is 0.324. The van der Waals surface area contributed by atoms with Gasteiger partial charge >= 0.3 is 0 Å². The number of benzene rings is 1. The van der Waals surface area contributed by atoms with Crippen LogP contribution in [-0.4, -0.2) is 43.7 Å². The lowest BCUT2D eigenvalue weighted by molar-refractivity contribution is -0.133. The summed E-state index contributed by atoms with van der Waals surface area (Å²) in [5, 5.41) is 3.22. The van der Waals surface area contributed by atoms with E-state index in [1.165, 1.54) is 6.07 Å². The van der Waals surface area contributed by atoms with Crippen molar-refractivity contribution in [1.29, 1.82) is 0 Å². The van der Waals surface area contributed by atoms with Crippen molar-refractivity contribution >= 4 is 18.3 Å². The highest BCUT2D eigenvalue weighted by atomic mass is 35.5. The fourth-order valence-corrected chi connectivity index (χ4v) is 2.32. The van der Waals surface area contributed by atoms with Gasteiger partial charge in [-0.3, -0.25) is 4.79 Å². The molecular weight excluding hydrogens is 314 g/mol. The molecule has 0 bridgehead atoms. The molecule has 1 fully saturated rings. The van der Waals surface area contributed by atoms with Gasteiger partial charge in [-0.05, 0) is 24.6 Å². The van der Waals surface area contributed by atoms with E-state index in [0.717, 1.165) is 18.7 Å². The van der Waals surface area contributed by atoms with Crippen molar-refractivity contribution in [1.82, 2.24) is 10.2 Å².